The lowest BCUT2D eigenvalue weighted by Gasteiger charge is -2.30. The maximum absolute atomic E-state index is 12.2. The normalized spacial score (nSPS) is 20.6. The number of nitrogens with zero attached hydrogens (tertiary/aromatic N) is 2. The zero-order valence-corrected chi connectivity index (χ0v) is 13.1. The highest BCUT2D eigenvalue weighted by atomic mass is 16.6. The van der Waals surface area contributed by atoms with Gasteiger partial charge in [-0.1, -0.05) is 0 Å². The number of ether oxygens (including phenoxy) is 1. The molecule has 1 saturated heterocycles. The number of nitrogens with one attached hydrogen (secondary N) is 1. The van der Waals surface area contributed by atoms with Crippen LogP contribution in [0.2, 0.25) is 0 Å². The molecule has 5 heteroatoms. The minimum Gasteiger partial charge on any atom is -0.444 e. The van der Waals surface area contributed by atoms with E-state index in [1.54, 1.807) is 0 Å². The molecular formula is C15H27N3O2. The third-order valence-electron chi connectivity index (χ3n) is 3.36. The summed E-state index contributed by atoms with van der Waals surface area (Å²) in [5.74, 6) is 0. The molecule has 20 heavy (non-hydrogen) atoms. The van der Waals surface area contributed by atoms with Crippen LogP contribution in [0, 0.1) is 11.3 Å². The van der Waals surface area contributed by atoms with Crippen molar-refractivity contribution in [3.05, 3.63) is 0 Å². The summed E-state index contributed by atoms with van der Waals surface area (Å²) in [7, 11) is 0. The Morgan fingerprint density at radius 3 is 2.85 bits per heavy atom. The molecule has 1 rings (SSSR count). The topological polar surface area (TPSA) is 65.4 Å². The Hall–Kier alpha value is -1.28. The predicted molar refractivity (Wildman–Crippen MR) is 78.3 cm³/mol. The number of hydrogen-bond acceptors (Lipinski definition) is 4. The van der Waals surface area contributed by atoms with Crippen molar-refractivity contribution in [2.45, 2.75) is 71.1 Å². The minimum atomic E-state index is -0.444. The highest BCUT2D eigenvalue weighted by Crippen LogP contribution is 2.23. The molecule has 1 fully saturated rings. The Bertz CT molecular complexity index is 357. The van der Waals surface area contributed by atoms with E-state index in [9.17, 15) is 4.79 Å². The first-order valence-corrected chi connectivity index (χ1v) is 7.43. The molecule has 0 saturated carbocycles. The second kappa shape index (κ2) is 7.49. The van der Waals surface area contributed by atoms with E-state index >= 15 is 0 Å². The lowest BCUT2D eigenvalue weighted by Crippen LogP contribution is -2.42. The van der Waals surface area contributed by atoms with Gasteiger partial charge in [-0.2, -0.15) is 5.26 Å². The maximum atomic E-state index is 12.2. The molecule has 114 valence electrons. The summed E-state index contributed by atoms with van der Waals surface area (Å²) >= 11 is 0. The summed E-state index contributed by atoms with van der Waals surface area (Å²) in [5.41, 5.74) is -0.444. The third-order valence-corrected chi connectivity index (χ3v) is 3.36. The summed E-state index contributed by atoms with van der Waals surface area (Å²) in [6.07, 6.45) is 3.29. The fourth-order valence-electron chi connectivity index (χ4n) is 2.51. The van der Waals surface area contributed by atoms with Gasteiger partial charge in [-0.25, -0.2) is 4.79 Å². The predicted octanol–water partition coefficient (Wildman–Crippen LogP) is 2.67. The number of nitriles is 1. The lowest BCUT2D eigenvalue weighted by molar-refractivity contribution is 0.0215. The van der Waals surface area contributed by atoms with E-state index in [2.05, 4.69) is 18.3 Å². The largest absolute Gasteiger partial charge is 0.444 e. The van der Waals surface area contributed by atoms with E-state index in [4.69, 9.17) is 10.00 Å². The van der Waals surface area contributed by atoms with Crippen LogP contribution < -0.4 is 5.32 Å². The van der Waals surface area contributed by atoms with Crippen molar-refractivity contribution in [3.8, 4) is 6.07 Å². The van der Waals surface area contributed by atoms with E-state index < -0.39 is 5.60 Å². The van der Waals surface area contributed by atoms with Gasteiger partial charge in [0.05, 0.1) is 6.07 Å². The second-order valence-electron chi connectivity index (χ2n) is 6.47. The zero-order valence-electron chi connectivity index (χ0n) is 13.1. The molecule has 0 aromatic heterocycles. The molecule has 1 amide bonds. The number of likely N-dealkylation sites (tertiary alicyclic amines) is 1. The molecule has 0 bridgehead atoms. The summed E-state index contributed by atoms with van der Waals surface area (Å²) in [6, 6.07) is 2.67. The van der Waals surface area contributed by atoms with Crippen LogP contribution in [0.5, 0.6) is 0 Å². The minimum absolute atomic E-state index is 0.204. The molecule has 0 spiro atoms. The fraction of sp³-hybridized carbons (Fsp3) is 0.867. The number of hydrogen-bond donors (Lipinski definition) is 1. The average molecular weight is 281 g/mol. The van der Waals surface area contributed by atoms with Gasteiger partial charge in [0.15, 0.2) is 0 Å². The van der Waals surface area contributed by atoms with Crippen molar-refractivity contribution in [1.29, 1.82) is 5.26 Å². The number of carbonyl (C=O) groups is 1. The van der Waals surface area contributed by atoms with Crippen LogP contribution in [0.1, 0.15) is 53.4 Å². The van der Waals surface area contributed by atoms with Crippen molar-refractivity contribution < 1.29 is 9.53 Å². The van der Waals surface area contributed by atoms with E-state index in [1.807, 2.05) is 25.7 Å². The van der Waals surface area contributed by atoms with E-state index in [0.29, 0.717) is 19.0 Å². The second-order valence-corrected chi connectivity index (χ2v) is 6.47. The summed E-state index contributed by atoms with van der Waals surface area (Å²) in [6.45, 7) is 9.26. The zero-order chi connectivity index (χ0) is 15.2. The Kier molecular flexibility index (Phi) is 6.28. The smallest absolute Gasteiger partial charge is 0.410 e. The molecular weight excluding hydrogens is 254 g/mol. The van der Waals surface area contributed by atoms with E-state index in [1.165, 1.54) is 0 Å². The molecule has 0 aromatic carbocycles. The van der Waals surface area contributed by atoms with Gasteiger partial charge in [-0.3, -0.25) is 0 Å². The quantitative estimate of drug-likeness (QED) is 0.787. The standard InChI is InChI=1S/C15H27N3O2/c1-12(17-9-6-8-16)11-13-7-5-10-18(13)14(19)20-15(2,3)4/h12-13,17H,5-7,9-11H2,1-4H3. The number of rotatable bonds is 5. The number of amides is 1. The summed E-state index contributed by atoms with van der Waals surface area (Å²) < 4.78 is 5.46. The molecule has 1 heterocycles. The van der Waals surface area contributed by atoms with E-state index in [0.717, 1.165) is 25.8 Å². The van der Waals surface area contributed by atoms with Crippen LogP contribution in [-0.2, 0) is 4.74 Å². The van der Waals surface area contributed by atoms with Gasteiger partial charge < -0.3 is 15.0 Å². The van der Waals surface area contributed by atoms with Crippen molar-refractivity contribution >= 4 is 6.09 Å². The van der Waals surface area contributed by atoms with Gasteiger partial charge >= 0.3 is 6.09 Å². The Morgan fingerprint density at radius 2 is 2.25 bits per heavy atom. The van der Waals surface area contributed by atoms with Crippen LogP contribution in [0.3, 0.4) is 0 Å². The van der Waals surface area contributed by atoms with Crippen molar-refractivity contribution in [2.24, 2.45) is 0 Å². The van der Waals surface area contributed by atoms with Gasteiger partial charge in [0, 0.05) is 31.6 Å². The lowest BCUT2D eigenvalue weighted by atomic mass is 10.1. The SMILES string of the molecule is CC(CC1CCCN1C(=O)OC(C)(C)C)NCCC#N. The average Bonchev–Trinajstić information content (AvgIpc) is 2.75. The van der Waals surface area contributed by atoms with Crippen molar-refractivity contribution in [3.63, 3.8) is 0 Å². The maximum Gasteiger partial charge on any atom is 0.410 e. The molecule has 2 atom stereocenters. The molecule has 0 aliphatic carbocycles. The first kappa shape index (κ1) is 16.8. The van der Waals surface area contributed by atoms with Gasteiger partial charge in [-0.05, 0) is 47.0 Å². The van der Waals surface area contributed by atoms with E-state index in [-0.39, 0.29) is 12.1 Å². The summed E-state index contributed by atoms with van der Waals surface area (Å²) in [5, 5.41) is 11.8. The monoisotopic (exact) mass is 281 g/mol. The molecule has 5 nitrogen and oxygen atoms in total. The molecule has 1 aliphatic heterocycles. The molecule has 1 aliphatic rings. The van der Waals surface area contributed by atoms with Gasteiger partial charge in [0.25, 0.3) is 0 Å². The van der Waals surface area contributed by atoms with Crippen LogP contribution in [0.4, 0.5) is 4.79 Å². The van der Waals surface area contributed by atoms with Crippen LogP contribution >= 0.6 is 0 Å². The van der Waals surface area contributed by atoms with Crippen LogP contribution in [0.15, 0.2) is 0 Å². The van der Waals surface area contributed by atoms with Gasteiger partial charge in [0.2, 0.25) is 0 Å². The first-order chi connectivity index (χ1) is 9.33. The van der Waals surface area contributed by atoms with Crippen molar-refractivity contribution in [2.75, 3.05) is 13.1 Å². The molecule has 0 radical (unpaired) electrons. The highest BCUT2D eigenvalue weighted by molar-refractivity contribution is 5.68. The van der Waals surface area contributed by atoms with Gasteiger partial charge in [0.1, 0.15) is 5.60 Å². The molecule has 2 unspecified atom stereocenters. The van der Waals surface area contributed by atoms with Crippen molar-refractivity contribution in [1.82, 2.24) is 10.2 Å². The molecule has 1 N–H and O–H groups in total. The van der Waals surface area contributed by atoms with Crippen LogP contribution in [0.25, 0.3) is 0 Å². The fourth-order valence-corrected chi connectivity index (χ4v) is 2.51. The van der Waals surface area contributed by atoms with Gasteiger partial charge in [-0.15, -0.1) is 0 Å². The highest BCUT2D eigenvalue weighted by Gasteiger charge is 2.32. The Morgan fingerprint density at radius 1 is 1.55 bits per heavy atom. The number of carbonyl (C=O) groups excluding carboxylic acids is 1. The Labute approximate surface area is 122 Å². The first-order valence-electron chi connectivity index (χ1n) is 7.43. The Balaban J connectivity index is 2.44. The van der Waals surface area contributed by atoms with Crippen LogP contribution in [-0.4, -0.2) is 41.8 Å². The molecule has 0 aromatic rings. The third kappa shape index (κ3) is 5.79. The summed E-state index contributed by atoms with van der Waals surface area (Å²) in [4.78, 5) is 14.0.